The first-order valence-corrected chi connectivity index (χ1v) is 8.07. The van der Waals surface area contributed by atoms with E-state index in [2.05, 4.69) is 22.0 Å². The Bertz CT molecular complexity index is 208. The largest absolute Gasteiger partial charge is 0.315 e. The van der Waals surface area contributed by atoms with Crippen molar-refractivity contribution in [3.05, 3.63) is 0 Å². The minimum absolute atomic E-state index is 0.803. The fourth-order valence-corrected chi connectivity index (χ4v) is 3.41. The van der Waals surface area contributed by atoms with Crippen LogP contribution in [0.25, 0.3) is 0 Å². The van der Waals surface area contributed by atoms with Crippen molar-refractivity contribution in [3.8, 4) is 0 Å². The van der Waals surface area contributed by atoms with Crippen LogP contribution in [-0.2, 0) is 0 Å². The van der Waals surface area contributed by atoms with E-state index in [0.717, 1.165) is 6.04 Å². The van der Waals surface area contributed by atoms with Crippen molar-refractivity contribution in [2.24, 2.45) is 0 Å². The predicted molar refractivity (Wildman–Crippen MR) is 78.0 cm³/mol. The van der Waals surface area contributed by atoms with Crippen molar-refractivity contribution in [2.75, 3.05) is 45.8 Å². The number of hydrogen-bond acceptors (Lipinski definition) is 3. The van der Waals surface area contributed by atoms with Crippen LogP contribution in [0.2, 0.25) is 0 Å². The maximum absolute atomic E-state index is 3.55. The molecule has 0 aromatic heterocycles. The Morgan fingerprint density at radius 1 is 1.17 bits per heavy atom. The van der Waals surface area contributed by atoms with Crippen LogP contribution in [0.4, 0.5) is 0 Å². The van der Waals surface area contributed by atoms with Gasteiger partial charge < -0.3 is 10.2 Å². The Kier molecular flexibility index (Phi) is 6.46. The van der Waals surface area contributed by atoms with E-state index in [4.69, 9.17) is 0 Å². The van der Waals surface area contributed by atoms with Crippen molar-refractivity contribution in [1.82, 2.24) is 15.1 Å². The van der Waals surface area contributed by atoms with E-state index in [1.807, 2.05) is 0 Å². The van der Waals surface area contributed by atoms with Gasteiger partial charge in [0.05, 0.1) is 0 Å². The third kappa shape index (κ3) is 4.52. The third-order valence-electron chi connectivity index (χ3n) is 4.42. The van der Waals surface area contributed by atoms with E-state index in [1.54, 1.807) is 0 Å². The molecule has 0 aliphatic carbocycles. The molecule has 1 unspecified atom stereocenters. The number of piperidine rings is 1. The van der Waals surface area contributed by atoms with E-state index >= 15 is 0 Å². The summed E-state index contributed by atoms with van der Waals surface area (Å²) < 4.78 is 0. The molecule has 2 aliphatic heterocycles. The van der Waals surface area contributed by atoms with Gasteiger partial charge in [0.15, 0.2) is 0 Å². The third-order valence-corrected chi connectivity index (χ3v) is 4.42. The molecule has 0 aromatic rings. The van der Waals surface area contributed by atoms with Crippen molar-refractivity contribution < 1.29 is 0 Å². The second-order valence-corrected chi connectivity index (χ2v) is 5.94. The highest BCUT2D eigenvalue weighted by Crippen LogP contribution is 2.13. The lowest BCUT2D eigenvalue weighted by atomic mass is 10.1. The highest BCUT2D eigenvalue weighted by atomic mass is 15.2. The summed E-state index contributed by atoms with van der Waals surface area (Å²) in [4.78, 5) is 5.38. The van der Waals surface area contributed by atoms with Crippen LogP contribution in [-0.4, -0.2) is 61.7 Å². The van der Waals surface area contributed by atoms with Crippen molar-refractivity contribution in [1.29, 1.82) is 0 Å². The van der Waals surface area contributed by atoms with Gasteiger partial charge in [-0.15, -0.1) is 0 Å². The molecule has 18 heavy (non-hydrogen) atoms. The minimum atomic E-state index is 0.803. The summed E-state index contributed by atoms with van der Waals surface area (Å²) in [6.07, 6.45) is 8.25. The predicted octanol–water partition coefficient (Wildman–Crippen LogP) is 1.94. The molecule has 2 fully saturated rings. The van der Waals surface area contributed by atoms with Gasteiger partial charge in [0.25, 0.3) is 0 Å². The quantitative estimate of drug-likeness (QED) is 0.748. The molecule has 0 aromatic carbocycles. The van der Waals surface area contributed by atoms with Crippen LogP contribution < -0.4 is 5.32 Å². The zero-order valence-electron chi connectivity index (χ0n) is 12.2. The van der Waals surface area contributed by atoms with Crippen LogP contribution in [0, 0.1) is 0 Å². The Morgan fingerprint density at radius 2 is 2.00 bits per heavy atom. The zero-order valence-corrected chi connectivity index (χ0v) is 12.2. The molecule has 0 saturated carbocycles. The van der Waals surface area contributed by atoms with Gasteiger partial charge in [0.1, 0.15) is 0 Å². The summed E-state index contributed by atoms with van der Waals surface area (Å²) in [5.41, 5.74) is 0. The normalized spacial score (nSPS) is 26.0. The van der Waals surface area contributed by atoms with Gasteiger partial charge in [-0.3, -0.25) is 4.90 Å². The Labute approximate surface area is 113 Å². The summed E-state index contributed by atoms with van der Waals surface area (Å²) in [7, 11) is 0. The number of nitrogens with one attached hydrogen (secondary N) is 1. The SMILES string of the molecule is CCCN(CCCN1CCCC1)C1CCCNC1. The van der Waals surface area contributed by atoms with Crippen molar-refractivity contribution >= 4 is 0 Å². The first-order valence-electron chi connectivity index (χ1n) is 8.07. The zero-order chi connectivity index (χ0) is 12.6. The molecule has 2 heterocycles. The first-order chi connectivity index (χ1) is 8.90. The molecular weight excluding hydrogens is 222 g/mol. The molecule has 106 valence electrons. The molecule has 3 heteroatoms. The van der Waals surface area contributed by atoms with Gasteiger partial charge >= 0.3 is 0 Å². The Morgan fingerprint density at radius 3 is 2.67 bits per heavy atom. The molecule has 1 atom stereocenters. The lowest BCUT2D eigenvalue weighted by Gasteiger charge is -2.35. The molecule has 0 radical (unpaired) electrons. The molecule has 0 spiro atoms. The van der Waals surface area contributed by atoms with E-state index in [1.165, 1.54) is 84.3 Å². The first kappa shape index (κ1) is 14.3. The van der Waals surface area contributed by atoms with Gasteiger partial charge in [0.2, 0.25) is 0 Å². The molecule has 2 rings (SSSR count). The standard InChI is InChI=1S/C15H31N3/c1-2-9-18(15-7-5-8-16-14-15)13-6-12-17-10-3-4-11-17/h15-16H,2-14H2,1H3. The summed E-state index contributed by atoms with van der Waals surface area (Å²) in [5, 5.41) is 3.55. The minimum Gasteiger partial charge on any atom is -0.315 e. The number of hydrogen-bond donors (Lipinski definition) is 1. The topological polar surface area (TPSA) is 18.5 Å². The molecule has 0 bridgehead atoms. The monoisotopic (exact) mass is 253 g/mol. The van der Waals surface area contributed by atoms with Crippen LogP contribution in [0.5, 0.6) is 0 Å². The molecule has 0 amide bonds. The molecule has 2 saturated heterocycles. The summed E-state index contributed by atoms with van der Waals surface area (Å²) in [6, 6.07) is 0.803. The van der Waals surface area contributed by atoms with E-state index in [9.17, 15) is 0 Å². The average molecular weight is 253 g/mol. The van der Waals surface area contributed by atoms with E-state index in [0.29, 0.717) is 0 Å². The molecule has 2 aliphatic rings. The number of nitrogens with zero attached hydrogens (tertiary/aromatic N) is 2. The van der Waals surface area contributed by atoms with Crippen LogP contribution in [0.1, 0.15) is 45.4 Å². The van der Waals surface area contributed by atoms with E-state index < -0.39 is 0 Å². The van der Waals surface area contributed by atoms with Gasteiger partial charge in [-0.25, -0.2) is 0 Å². The van der Waals surface area contributed by atoms with Crippen molar-refractivity contribution in [2.45, 2.75) is 51.5 Å². The molecular formula is C15H31N3. The Hall–Kier alpha value is -0.120. The summed E-state index contributed by atoms with van der Waals surface area (Å²) in [5.74, 6) is 0. The van der Waals surface area contributed by atoms with Crippen LogP contribution >= 0.6 is 0 Å². The lowest BCUT2D eigenvalue weighted by molar-refractivity contribution is 0.157. The van der Waals surface area contributed by atoms with Crippen LogP contribution in [0.3, 0.4) is 0 Å². The maximum Gasteiger partial charge on any atom is 0.0221 e. The highest BCUT2D eigenvalue weighted by Gasteiger charge is 2.20. The number of rotatable bonds is 7. The van der Waals surface area contributed by atoms with Gasteiger partial charge in [-0.1, -0.05) is 6.92 Å². The van der Waals surface area contributed by atoms with Gasteiger partial charge in [0, 0.05) is 12.6 Å². The molecule has 3 nitrogen and oxygen atoms in total. The van der Waals surface area contributed by atoms with E-state index in [-0.39, 0.29) is 0 Å². The fraction of sp³-hybridized carbons (Fsp3) is 1.00. The summed E-state index contributed by atoms with van der Waals surface area (Å²) >= 11 is 0. The van der Waals surface area contributed by atoms with Gasteiger partial charge in [-0.2, -0.15) is 0 Å². The van der Waals surface area contributed by atoms with Crippen LogP contribution in [0.15, 0.2) is 0 Å². The van der Waals surface area contributed by atoms with Gasteiger partial charge in [-0.05, 0) is 77.8 Å². The average Bonchev–Trinajstić information content (AvgIpc) is 2.92. The smallest absolute Gasteiger partial charge is 0.0221 e. The number of likely N-dealkylation sites (tertiary alicyclic amines) is 1. The highest BCUT2D eigenvalue weighted by molar-refractivity contribution is 4.78. The lowest BCUT2D eigenvalue weighted by Crippen LogP contribution is -2.47. The second kappa shape index (κ2) is 8.13. The summed E-state index contributed by atoms with van der Waals surface area (Å²) in [6.45, 7) is 11.3. The van der Waals surface area contributed by atoms with Crippen molar-refractivity contribution in [3.63, 3.8) is 0 Å². The second-order valence-electron chi connectivity index (χ2n) is 5.94. The maximum atomic E-state index is 3.55. The molecule has 1 N–H and O–H groups in total. The Balaban J connectivity index is 1.67. The fourth-order valence-electron chi connectivity index (χ4n) is 3.41.